The molecule has 4 N–H and O–H groups in total. The summed E-state index contributed by atoms with van der Waals surface area (Å²) in [5, 5.41) is 14.7. The van der Waals surface area contributed by atoms with Gasteiger partial charge in [-0.1, -0.05) is 12.1 Å². The fraction of sp³-hybridized carbons (Fsp3) is 0.391. The second kappa shape index (κ2) is 10.8. The molecule has 0 saturated heterocycles. The molecule has 0 aliphatic rings. The lowest BCUT2D eigenvalue weighted by Gasteiger charge is -2.14. The molecular weight excluding hydrogens is 430 g/mol. The molecule has 174 valence electrons. The maximum Gasteiger partial charge on any atom is 0.229 e. The van der Waals surface area contributed by atoms with E-state index in [1.807, 2.05) is 12.1 Å². The van der Waals surface area contributed by atoms with Crippen molar-refractivity contribution >= 4 is 26.6 Å². The van der Waals surface area contributed by atoms with Crippen molar-refractivity contribution in [2.45, 2.75) is 19.4 Å². The molecule has 0 spiro atoms. The highest BCUT2D eigenvalue weighted by molar-refractivity contribution is 7.92. The van der Waals surface area contributed by atoms with Crippen molar-refractivity contribution in [2.75, 3.05) is 44.4 Å². The topological polar surface area (TPSA) is 113 Å². The van der Waals surface area contributed by atoms with E-state index < -0.39 is 16.1 Å². The van der Waals surface area contributed by atoms with Gasteiger partial charge in [-0.15, -0.1) is 0 Å². The molecule has 0 radical (unpaired) electrons. The number of aryl methyl sites for hydroxylation is 1. The maximum absolute atomic E-state index is 11.4. The van der Waals surface area contributed by atoms with Crippen LogP contribution in [-0.4, -0.2) is 58.2 Å². The van der Waals surface area contributed by atoms with Crippen LogP contribution >= 0.6 is 0 Å². The molecule has 1 aromatic heterocycles. The van der Waals surface area contributed by atoms with E-state index >= 15 is 0 Å². The van der Waals surface area contributed by atoms with E-state index in [0.29, 0.717) is 37.6 Å². The standard InChI is InChI=1S/C23H31N3O5S/c1-16-20-8-7-19(14-22(20)25-21(16)9-11-30-2)31-12-10-24-15-23(27)17-5-4-6-18(13-17)26-32(3,28)29/h4-8,13-14,23-27H,9-12,15H2,1-3H3. The van der Waals surface area contributed by atoms with Gasteiger partial charge in [0.1, 0.15) is 12.4 Å². The van der Waals surface area contributed by atoms with E-state index in [-0.39, 0.29) is 0 Å². The molecule has 1 atom stereocenters. The number of methoxy groups -OCH3 is 1. The zero-order valence-electron chi connectivity index (χ0n) is 18.6. The smallest absolute Gasteiger partial charge is 0.229 e. The van der Waals surface area contributed by atoms with Crippen molar-refractivity contribution in [1.29, 1.82) is 0 Å². The molecule has 32 heavy (non-hydrogen) atoms. The third-order valence-electron chi connectivity index (χ3n) is 5.15. The summed E-state index contributed by atoms with van der Waals surface area (Å²) < 4.78 is 36.2. The number of rotatable bonds is 12. The second-order valence-corrected chi connectivity index (χ2v) is 9.50. The third-order valence-corrected chi connectivity index (χ3v) is 5.76. The predicted molar refractivity (Wildman–Crippen MR) is 127 cm³/mol. The summed E-state index contributed by atoms with van der Waals surface area (Å²) in [5.41, 5.74) is 4.49. The molecule has 0 bridgehead atoms. The predicted octanol–water partition coefficient (Wildman–Crippen LogP) is 2.74. The van der Waals surface area contributed by atoms with Gasteiger partial charge in [-0.2, -0.15) is 0 Å². The van der Waals surface area contributed by atoms with Crippen molar-refractivity contribution in [2.24, 2.45) is 0 Å². The number of aliphatic hydroxyl groups excluding tert-OH is 1. The van der Waals surface area contributed by atoms with Crippen LogP contribution in [-0.2, 0) is 21.2 Å². The molecule has 0 aliphatic heterocycles. The van der Waals surface area contributed by atoms with E-state index in [0.717, 1.165) is 23.9 Å². The van der Waals surface area contributed by atoms with Crippen molar-refractivity contribution < 1.29 is 23.0 Å². The molecule has 8 nitrogen and oxygen atoms in total. The van der Waals surface area contributed by atoms with Gasteiger partial charge in [0.2, 0.25) is 10.0 Å². The van der Waals surface area contributed by atoms with Gasteiger partial charge in [-0.05, 0) is 42.3 Å². The Labute approximate surface area is 189 Å². The Morgan fingerprint density at radius 2 is 1.97 bits per heavy atom. The second-order valence-electron chi connectivity index (χ2n) is 7.75. The molecule has 2 aromatic carbocycles. The summed E-state index contributed by atoms with van der Waals surface area (Å²) in [7, 11) is -1.66. The van der Waals surface area contributed by atoms with Crippen molar-refractivity contribution in [3.63, 3.8) is 0 Å². The SMILES string of the molecule is COCCc1[nH]c2cc(OCCNCC(O)c3cccc(NS(C)(=O)=O)c3)ccc2c1C. The van der Waals surface area contributed by atoms with Gasteiger partial charge in [0.05, 0.1) is 19.0 Å². The summed E-state index contributed by atoms with van der Waals surface area (Å²) >= 11 is 0. The number of hydrogen-bond acceptors (Lipinski definition) is 6. The fourth-order valence-electron chi connectivity index (χ4n) is 3.54. The number of aliphatic hydroxyl groups is 1. The molecule has 9 heteroatoms. The van der Waals surface area contributed by atoms with Crippen LogP contribution in [0.25, 0.3) is 10.9 Å². The Bertz CT molecular complexity index is 1140. The molecule has 3 aromatic rings. The highest BCUT2D eigenvalue weighted by Gasteiger charge is 2.10. The number of benzene rings is 2. The molecule has 0 amide bonds. The van der Waals surface area contributed by atoms with Crippen LogP contribution < -0.4 is 14.8 Å². The Balaban J connectivity index is 1.47. The number of aromatic amines is 1. The van der Waals surface area contributed by atoms with E-state index in [9.17, 15) is 13.5 Å². The average molecular weight is 462 g/mol. The summed E-state index contributed by atoms with van der Waals surface area (Å²) in [6.07, 6.45) is 1.17. The van der Waals surface area contributed by atoms with Crippen LogP contribution in [0.4, 0.5) is 5.69 Å². The Morgan fingerprint density at radius 3 is 2.72 bits per heavy atom. The van der Waals surface area contributed by atoms with Crippen molar-refractivity contribution in [3.8, 4) is 5.75 Å². The summed E-state index contributed by atoms with van der Waals surface area (Å²) in [4.78, 5) is 3.44. The number of H-pyrrole nitrogens is 1. The quantitative estimate of drug-likeness (QED) is 0.309. The highest BCUT2D eigenvalue weighted by atomic mass is 32.2. The van der Waals surface area contributed by atoms with Crippen LogP contribution in [0.2, 0.25) is 0 Å². The molecule has 1 heterocycles. The highest BCUT2D eigenvalue weighted by Crippen LogP contribution is 2.26. The Kier molecular flexibility index (Phi) is 8.14. The van der Waals surface area contributed by atoms with Gasteiger partial charge in [-0.3, -0.25) is 4.72 Å². The Morgan fingerprint density at radius 1 is 1.16 bits per heavy atom. The van der Waals surface area contributed by atoms with Gasteiger partial charge < -0.3 is 24.9 Å². The van der Waals surface area contributed by atoms with Gasteiger partial charge in [0.15, 0.2) is 0 Å². The maximum atomic E-state index is 11.4. The minimum Gasteiger partial charge on any atom is -0.492 e. The van der Waals surface area contributed by atoms with Crippen LogP contribution in [0.15, 0.2) is 42.5 Å². The largest absolute Gasteiger partial charge is 0.492 e. The average Bonchev–Trinajstić information content (AvgIpc) is 3.05. The monoisotopic (exact) mass is 461 g/mol. The van der Waals surface area contributed by atoms with Crippen LogP contribution in [0.1, 0.15) is 22.9 Å². The molecule has 3 rings (SSSR count). The number of anilines is 1. The van der Waals surface area contributed by atoms with Crippen LogP contribution in [0.5, 0.6) is 5.75 Å². The van der Waals surface area contributed by atoms with Gasteiger partial charge >= 0.3 is 0 Å². The first-order valence-electron chi connectivity index (χ1n) is 10.5. The third kappa shape index (κ3) is 6.70. The van der Waals surface area contributed by atoms with Crippen molar-refractivity contribution in [1.82, 2.24) is 10.3 Å². The number of hydrogen-bond donors (Lipinski definition) is 4. The first-order chi connectivity index (χ1) is 15.3. The summed E-state index contributed by atoms with van der Waals surface area (Å²) in [5.74, 6) is 0.777. The van der Waals surface area contributed by atoms with Gasteiger partial charge in [0, 0.05) is 55.0 Å². The normalized spacial score (nSPS) is 12.8. The molecular formula is C23H31N3O5S. The minimum absolute atomic E-state index is 0.323. The number of sulfonamides is 1. The summed E-state index contributed by atoms with van der Waals surface area (Å²) in [6.45, 7) is 4.10. The van der Waals surface area contributed by atoms with E-state index in [2.05, 4.69) is 28.0 Å². The fourth-order valence-corrected chi connectivity index (χ4v) is 4.09. The lowest BCUT2D eigenvalue weighted by Crippen LogP contribution is -2.26. The molecule has 0 aliphatic carbocycles. The zero-order valence-corrected chi connectivity index (χ0v) is 19.5. The lowest BCUT2D eigenvalue weighted by molar-refractivity contribution is 0.172. The van der Waals surface area contributed by atoms with Crippen LogP contribution in [0, 0.1) is 6.92 Å². The first kappa shape index (κ1) is 24.1. The molecule has 1 unspecified atom stereocenters. The van der Waals surface area contributed by atoms with Crippen molar-refractivity contribution in [3.05, 3.63) is 59.3 Å². The van der Waals surface area contributed by atoms with Gasteiger partial charge in [0.25, 0.3) is 0 Å². The number of aromatic nitrogens is 1. The van der Waals surface area contributed by atoms with E-state index in [1.165, 1.54) is 16.6 Å². The number of ether oxygens (including phenoxy) is 2. The zero-order chi connectivity index (χ0) is 23.1. The summed E-state index contributed by atoms with van der Waals surface area (Å²) in [6, 6.07) is 12.7. The number of fused-ring (bicyclic) bond motifs is 1. The number of nitrogens with one attached hydrogen (secondary N) is 3. The van der Waals surface area contributed by atoms with Gasteiger partial charge in [-0.25, -0.2) is 8.42 Å². The van der Waals surface area contributed by atoms with E-state index in [1.54, 1.807) is 31.4 Å². The van der Waals surface area contributed by atoms with Crippen LogP contribution in [0.3, 0.4) is 0 Å². The van der Waals surface area contributed by atoms with E-state index in [4.69, 9.17) is 9.47 Å². The lowest BCUT2D eigenvalue weighted by atomic mass is 10.1. The Hall–Kier alpha value is -2.59. The molecule has 0 saturated carbocycles. The first-order valence-corrected chi connectivity index (χ1v) is 12.4. The minimum atomic E-state index is -3.36. The molecule has 0 fully saturated rings.